The van der Waals surface area contributed by atoms with E-state index in [1.165, 1.54) is 17.6 Å². The minimum absolute atomic E-state index is 0.274. The van der Waals surface area contributed by atoms with Crippen LogP contribution in [0.1, 0.15) is 31.2 Å². The number of hydrogen-bond acceptors (Lipinski definition) is 5. The van der Waals surface area contributed by atoms with Gasteiger partial charge >= 0.3 is 0 Å². The van der Waals surface area contributed by atoms with E-state index in [0.717, 1.165) is 11.1 Å². The molecule has 0 bridgehead atoms. The Hall–Kier alpha value is -3.65. The largest absolute Gasteiger partial charge is 0.489 e. The molecule has 0 aliphatic carbocycles. The van der Waals surface area contributed by atoms with Gasteiger partial charge in [0.25, 0.3) is 11.8 Å². The second kappa shape index (κ2) is 11.7. The molecule has 4 rings (SSSR count). The van der Waals surface area contributed by atoms with Crippen LogP contribution in [0.2, 0.25) is 10.0 Å². The number of nitrogens with zero attached hydrogens (tertiary/aromatic N) is 1. The molecule has 0 atom stereocenters. The summed E-state index contributed by atoms with van der Waals surface area (Å²) in [4.78, 5) is 25.5. The molecule has 3 aromatic carbocycles. The van der Waals surface area contributed by atoms with Crippen LogP contribution < -0.4 is 15.5 Å². The Morgan fingerprint density at radius 1 is 0.943 bits per heavy atom. The summed E-state index contributed by atoms with van der Waals surface area (Å²) in [5.74, 6) is -0.0554. The summed E-state index contributed by atoms with van der Waals surface area (Å²) in [5.41, 5.74) is 4.80. The van der Waals surface area contributed by atoms with Crippen molar-refractivity contribution in [1.29, 1.82) is 0 Å². The van der Waals surface area contributed by atoms with Crippen molar-refractivity contribution in [3.05, 3.63) is 116 Å². The van der Waals surface area contributed by atoms with Crippen molar-refractivity contribution in [3.63, 3.8) is 0 Å². The Bertz CT molecular complexity index is 1360. The van der Waals surface area contributed by atoms with E-state index in [2.05, 4.69) is 15.8 Å². The summed E-state index contributed by atoms with van der Waals surface area (Å²) >= 11 is 13.4. The third-order valence-electron chi connectivity index (χ3n) is 4.83. The van der Waals surface area contributed by atoms with Gasteiger partial charge in [-0.05, 0) is 65.5 Å². The first-order valence-electron chi connectivity index (χ1n) is 10.4. The van der Waals surface area contributed by atoms with Gasteiger partial charge in [-0.3, -0.25) is 9.59 Å². The van der Waals surface area contributed by atoms with E-state index >= 15 is 0 Å². The minimum Gasteiger partial charge on any atom is -0.489 e. The normalized spacial score (nSPS) is 10.8. The Morgan fingerprint density at radius 3 is 2.49 bits per heavy atom. The van der Waals surface area contributed by atoms with Crippen molar-refractivity contribution < 1.29 is 14.3 Å². The van der Waals surface area contributed by atoms with Crippen LogP contribution in [0.4, 0.5) is 5.69 Å². The zero-order valence-electron chi connectivity index (χ0n) is 18.2. The van der Waals surface area contributed by atoms with E-state index in [1.54, 1.807) is 60.7 Å². The summed E-state index contributed by atoms with van der Waals surface area (Å²) in [5, 5.41) is 9.73. The highest BCUT2D eigenvalue weighted by atomic mass is 35.5. The number of para-hydroxylation sites is 1. The zero-order chi connectivity index (χ0) is 24.6. The van der Waals surface area contributed by atoms with Crippen molar-refractivity contribution in [1.82, 2.24) is 5.43 Å². The number of benzene rings is 3. The number of amides is 2. The lowest BCUT2D eigenvalue weighted by molar-refractivity contribution is 0.0956. The number of hydrazone groups is 1. The van der Waals surface area contributed by atoms with Crippen molar-refractivity contribution in [2.24, 2.45) is 5.10 Å². The lowest BCUT2D eigenvalue weighted by Crippen LogP contribution is -2.21. The fraction of sp³-hybridized carbons (Fsp3) is 0.0385. The molecule has 0 saturated carbocycles. The molecule has 1 heterocycles. The number of carbonyl (C=O) groups excluding carboxylic acids is 2. The monoisotopic (exact) mass is 523 g/mol. The maximum Gasteiger partial charge on any atom is 0.273 e. The summed E-state index contributed by atoms with van der Waals surface area (Å²) in [7, 11) is 0. The van der Waals surface area contributed by atoms with Crippen LogP contribution in [-0.2, 0) is 6.61 Å². The summed E-state index contributed by atoms with van der Waals surface area (Å²) < 4.78 is 5.76. The molecular formula is C26H19Cl2N3O3S. The first-order valence-corrected chi connectivity index (χ1v) is 12.1. The summed E-state index contributed by atoms with van der Waals surface area (Å²) in [6.07, 6.45) is 1.52. The molecule has 0 aliphatic rings. The first kappa shape index (κ1) is 24.5. The maximum absolute atomic E-state index is 12.6. The number of ether oxygens (including phenoxy) is 1. The van der Waals surface area contributed by atoms with Crippen LogP contribution in [0.25, 0.3) is 0 Å². The number of hydrogen-bond donors (Lipinski definition) is 2. The number of rotatable bonds is 8. The molecule has 176 valence electrons. The van der Waals surface area contributed by atoms with Crippen LogP contribution in [0.5, 0.6) is 5.75 Å². The molecule has 2 N–H and O–H groups in total. The summed E-state index contributed by atoms with van der Waals surface area (Å²) in [6.45, 7) is 0.307. The van der Waals surface area contributed by atoms with Crippen LogP contribution in [0.15, 0.2) is 89.3 Å². The highest BCUT2D eigenvalue weighted by Gasteiger charge is 2.14. The molecule has 0 aliphatic heterocycles. The number of carbonyl (C=O) groups is 2. The number of thiophene rings is 1. The molecule has 9 heteroatoms. The Labute approximate surface area is 216 Å². The van der Waals surface area contributed by atoms with E-state index in [4.69, 9.17) is 27.9 Å². The van der Waals surface area contributed by atoms with Gasteiger partial charge in [-0.15, -0.1) is 11.3 Å². The van der Waals surface area contributed by atoms with Gasteiger partial charge in [-0.1, -0.05) is 47.5 Å². The van der Waals surface area contributed by atoms with Crippen molar-refractivity contribution >= 4 is 58.3 Å². The number of anilines is 1. The van der Waals surface area contributed by atoms with E-state index in [-0.39, 0.29) is 5.91 Å². The first-order chi connectivity index (χ1) is 17.0. The fourth-order valence-electron chi connectivity index (χ4n) is 3.06. The predicted octanol–water partition coefficient (Wildman–Crippen LogP) is 6.65. The van der Waals surface area contributed by atoms with Gasteiger partial charge < -0.3 is 10.1 Å². The quantitative estimate of drug-likeness (QED) is 0.200. The van der Waals surface area contributed by atoms with E-state index < -0.39 is 5.91 Å². The fourth-order valence-corrected chi connectivity index (χ4v) is 4.14. The van der Waals surface area contributed by atoms with Crippen molar-refractivity contribution in [2.75, 3.05) is 5.32 Å². The van der Waals surface area contributed by atoms with Gasteiger partial charge in [0.05, 0.1) is 22.3 Å². The van der Waals surface area contributed by atoms with Gasteiger partial charge in [0.15, 0.2) is 0 Å². The standard InChI is InChI=1S/C26H19Cl2N3O3S/c27-19-10-9-18(22(28)14-19)16-34-20-11-7-17(8-12-20)15-29-31-25(32)21-4-1-2-5-23(21)30-26(33)24-6-3-13-35-24/h1-15H,16H2,(H,30,33)(H,31,32)/b29-15-. The van der Waals surface area contributed by atoms with Gasteiger partial charge in [-0.25, -0.2) is 5.43 Å². The molecule has 35 heavy (non-hydrogen) atoms. The molecule has 0 unspecified atom stereocenters. The highest BCUT2D eigenvalue weighted by molar-refractivity contribution is 7.12. The van der Waals surface area contributed by atoms with Crippen molar-refractivity contribution in [2.45, 2.75) is 6.61 Å². The molecule has 4 aromatic rings. The lowest BCUT2D eigenvalue weighted by atomic mass is 10.1. The predicted molar refractivity (Wildman–Crippen MR) is 141 cm³/mol. The average Bonchev–Trinajstić information content (AvgIpc) is 3.40. The van der Waals surface area contributed by atoms with Crippen LogP contribution >= 0.6 is 34.5 Å². The zero-order valence-corrected chi connectivity index (χ0v) is 20.5. The summed E-state index contributed by atoms with van der Waals surface area (Å²) in [6, 6.07) is 22.7. The third kappa shape index (κ3) is 6.70. The van der Waals surface area contributed by atoms with Gasteiger partial charge in [0.2, 0.25) is 0 Å². The van der Waals surface area contributed by atoms with Gasteiger partial charge in [0, 0.05) is 15.6 Å². The molecule has 1 aromatic heterocycles. The van der Waals surface area contributed by atoms with Crippen LogP contribution in [0, 0.1) is 0 Å². The number of halogens is 2. The molecular weight excluding hydrogens is 505 g/mol. The topological polar surface area (TPSA) is 79.8 Å². The van der Waals surface area contributed by atoms with Crippen LogP contribution in [-0.4, -0.2) is 18.0 Å². The molecule has 0 spiro atoms. The SMILES string of the molecule is O=C(Nc1ccccc1C(=O)N/N=C\c1ccc(OCc2ccc(Cl)cc2Cl)cc1)c1cccs1. The van der Waals surface area contributed by atoms with E-state index in [1.807, 2.05) is 23.6 Å². The third-order valence-corrected chi connectivity index (χ3v) is 6.29. The second-order valence-electron chi connectivity index (χ2n) is 7.27. The van der Waals surface area contributed by atoms with E-state index in [9.17, 15) is 9.59 Å². The highest BCUT2D eigenvalue weighted by Crippen LogP contribution is 2.23. The van der Waals surface area contributed by atoms with Gasteiger partial charge in [-0.2, -0.15) is 5.10 Å². The number of nitrogens with one attached hydrogen (secondary N) is 2. The Balaban J connectivity index is 1.33. The van der Waals surface area contributed by atoms with E-state index in [0.29, 0.717) is 38.5 Å². The minimum atomic E-state index is -0.442. The smallest absolute Gasteiger partial charge is 0.273 e. The Morgan fingerprint density at radius 2 is 1.74 bits per heavy atom. The maximum atomic E-state index is 12.6. The van der Waals surface area contributed by atoms with Gasteiger partial charge in [0.1, 0.15) is 12.4 Å². The molecule has 0 saturated heterocycles. The van der Waals surface area contributed by atoms with Crippen LogP contribution in [0.3, 0.4) is 0 Å². The lowest BCUT2D eigenvalue weighted by Gasteiger charge is -2.09. The Kier molecular flexibility index (Phi) is 8.15. The van der Waals surface area contributed by atoms with Crippen molar-refractivity contribution in [3.8, 4) is 5.75 Å². The molecule has 0 fully saturated rings. The molecule has 2 amide bonds. The molecule has 6 nitrogen and oxygen atoms in total. The second-order valence-corrected chi connectivity index (χ2v) is 9.06. The molecule has 0 radical (unpaired) electrons. The average molecular weight is 524 g/mol.